The molecular formula is C11H24N2O. The summed E-state index contributed by atoms with van der Waals surface area (Å²) in [5, 5.41) is 0. The SMILES string of the molecule is CC(=O)N(C)C(C)CCC(C)N(C)C. The Kier molecular flexibility index (Phi) is 5.77. The number of carbonyl (C=O) groups is 1. The van der Waals surface area contributed by atoms with Crippen LogP contribution in [0.2, 0.25) is 0 Å². The summed E-state index contributed by atoms with van der Waals surface area (Å²) in [7, 11) is 6.04. The number of amides is 1. The van der Waals surface area contributed by atoms with Gasteiger partial charge in [0.05, 0.1) is 0 Å². The second kappa shape index (κ2) is 6.02. The molecule has 0 N–H and O–H groups in total. The van der Waals surface area contributed by atoms with Gasteiger partial charge < -0.3 is 9.80 Å². The van der Waals surface area contributed by atoms with E-state index < -0.39 is 0 Å². The summed E-state index contributed by atoms with van der Waals surface area (Å²) in [6, 6.07) is 0.924. The third-order valence-corrected chi connectivity index (χ3v) is 3.04. The van der Waals surface area contributed by atoms with Gasteiger partial charge in [0.2, 0.25) is 5.91 Å². The van der Waals surface area contributed by atoms with Crippen LogP contribution in [-0.2, 0) is 4.79 Å². The molecule has 0 aliphatic rings. The summed E-state index contributed by atoms with van der Waals surface area (Å²) in [6.07, 6.45) is 2.20. The van der Waals surface area contributed by atoms with Crippen LogP contribution >= 0.6 is 0 Å². The fourth-order valence-corrected chi connectivity index (χ4v) is 1.24. The normalized spacial score (nSPS) is 15.4. The zero-order valence-corrected chi connectivity index (χ0v) is 10.4. The molecule has 1 amide bonds. The van der Waals surface area contributed by atoms with Gasteiger partial charge in [-0.05, 0) is 40.8 Å². The van der Waals surface area contributed by atoms with E-state index in [9.17, 15) is 4.79 Å². The molecule has 0 radical (unpaired) electrons. The zero-order chi connectivity index (χ0) is 11.3. The second-order valence-corrected chi connectivity index (χ2v) is 4.37. The van der Waals surface area contributed by atoms with Crippen LogP contribution in [0.5, 0.6) is 0 Å². The molecule has 0 aromatic rings. The standard InChI is InChI=1S/C11H24N2O/c1-9(12(4)5)7-8-10(2)13(6)11(3)14/h9-10H,7-8H2,1-6H3. The van der Waals surface area contributed by atoms with E-state index in [-0.39, 0.29) is 5.91 Å². The van der Waals surface area contributed by atoms with Crippen LogP contribution in [0.15, 0.2) is 0 Å². The van der Waals surface area contributed by atoms with Crippen LogP contribution in [-0.4, -0.2) is 48.9 Å². The maximum absolute atomic E-state index is 11.1. The van der Waals surface area contributed by atoms with Gasteiger partial charge in [-0.25, -0.2) is 0 Å². The van der Waals surface area contributed by atoms with Crippen LogP contribution in [0.1, 0.15) is 33.6 Å². The van der Waals surface area contributed by atoms with E-state index in [0.29, 0.717) is 12.1 Å². The van der Waals surface area contributed by atoms with Crippen molar-refractivity contribution < 1.29 is 4.79 Å². The first-order chi connectivity index (χ1) is 6.36. The van der Waals surface area contributed by atoms with Crippen molar-refractivity contribution in [1.82, 2.24) is 9.80 Å². The molecule has 3 nitrogen and oxygen atoms in total. The Bertz CT molecular complexity index is 180. The number of hydrogen-bond acceptors (Lipinski definition) is 2. The lowest BCUT2D eigenvalue weighted by Gasteiger charge is -2.26. The molecule has 0 bridgehead atoms. The highest BCUT2D eigenvalue weighted by atomic mass is 16.2. The molecule has 2 unspecified atom stereocenters. The van der Waals surface area contributed by atoms with Crippen molar-refractivity contribution >= 4 is 5.91 Å². The van der Waals surface area contributed by atoms with Crippen molar-refractivity contribution in [3.8, 4) is 0 Å². The molecule has 0 aromatic carbocycles. The molecular weight excluding hydrogens is 176 g/mol. The molecule has 0 aliphatic heterocycles. The van der Waals surface area contributed by atoms with Crippen molar-refractivity contribution in [2.45, 2.75) is 45.7 Å². The van der Waals surface area contributed by atoms with Crippen molar-refractivity contribution in [3.05, 3.63) is 0 Å². The fraction of sp³-hybridized carbons (Fsp3) is 0.909. The minimum Gasteiger partial charge on any atom is -0.343 e. The highest BCUT2D eigenvalue weighted by Crippen LogP contribution is 2.09. The van der Waals surface area contributed by atoms with E-state index >= 15 is 0 Å². The topological polar surface area (TPSA) is 23.6 Å². The Balaban J connectivity index is 3.84. The van der Waals surface area contributed by atoms with E-state index in [0.717, 1.165) is 12.8 Å². The Labute approximate surface area is 88.1 Å². The van der Waals surface area contributed by atoms with E-state index in [1.165, 1.54) is 0 Å². The molecule has 0 rings (SSSR count). The minimum atomic E-state index is 0.148. The van der Waals surface area contributed by atoms with E-state index in [4.69, 9.17) is 0 Å². The average Bonchev–Trinajstić information content (AvgIpc) is 2.11. The fourth-order valence-electron chi connectivity index (χ4n) is 1.24. The number of nitrogens with zero attached hydrogens (tertiary/aromatic N) is 2. The highest BCUT2D eigenvalue weighted by Gasteiger charge is 2.13. The van der Waals surface area contributed by atoms with Crippen LogP contribution in [0.3, 0.4) is 0 Å². The van der Waals surface area contributed by atoms with Crippen molar-refractivity contribution in [3.63, 3.8) is 0 Å². The lowest BCUT2D eigenvalue weighted by molar-refractivity contribution is -0.129. The summed E-state index contributed by atoms with van der Waals surface area (Å²) in [6.45, 7) is 5.93. The van der Waals surface area contributed by atoms with Gasteiger partial charge in [-0.2, -0.15) is 0 Å². The Hall–Kier alpha value is -0.570. The molecule has 2 atom stereocenters. The Morgan fingerprint density at radius 2 is 1.50 bits per heavy atom. The Morgan fingerprint density at radius 3 is 1.86 bits per heavy atom. The van der Waals surface area contributed by atoms with Gasteiger partial charge in [0.15, 0.2) is 0 Å². The Morgan fingerprint density at radius 1 is 1.07 bits per heavy atom. The van der Waals surface area contributed by atoms with E-state index in [2.05, 4.69) is 32.8 Å². The first-order valence-corrected chi connectivity index (χ1v) is 5.26. The number of carbonyl (C=O) groups excluding carboxylic acids is 1. The van der Waals surface area contributed by atoms with Gasteiger partial charge in [-0.1, -0.05) is 0 Å². The molecule has 0 saturated heterocycles. The van der Waals surface area contributed by atoms with E-state index in [1.54, 1.807) is 6.92 Å². The lowest BCUT2D eigenvalue weighted by Crippen LogP contribution is -2.35. The summed E-state index contributed by atoms with van der Waals surface area (Å²) in [4.78, 5) is 15.1. The lowest BCUT2D eigenvalue weighted by atomic mass is 10.1. The molecule has 3 heteroatoms. The average molecular weight is 200 g/mol. The summed E-state index contributed by atoms with van der Waals surface area (Å²) < 4.78 is 0. The zero-order valence-electron chi connectivity index (χ0n) is 10.4. The smallest absolute Gasteiger partial charge is 0.219 e. The number of rotatable bonds is 5. The molecule has 0 aliphatic carbocycles. The number of hydrogen-bond donors (Lipinski definition) is 0. The molecule has 0 heterocycles. The molecule has 0 saturated carbocycles. The van der Waals surface area contributed by atoms with Gasteiger partial charge in [0, 0.05) is 26.1 Å². The third-order valence-electron chi connectivity index (χ3n) is 3.04. The summed E-state index contributed by atoms with van der Waals surface area (Å²) in [5.74, 6) is 0.148. The monoisotopic (exact) mass is 200 g/mol. The maximum Gasteiger partial charge on any atom is 0.219 e. The quantitative estimate of drug-likeness (QED) is 0.673. The summed E-state index contributed by atoms with van der Waals surface area (Å²) in [5.41, 5.74) is 0. The van der Waals surface area contributed by atoms with Gasteiger partial charge in [-0.15, -0.1) is 0 Å². The van der Waals surface area contributed by atoms with Gasteiger partial charge in [0.25, 0.3) is 0 Å². The second-order valence-electron chi connectivity index (χ2n) is 4.37. The summed E-state index contributed by atoms with van der Waals surface area (Å²) >= 11 is 0. The first kappa shape index (κ1) is 13.4. The molecule has 14 heavy (non-hydrogen) atoms. The largest absolute Gasteiger partial charge is 0.343 e. The van der Waals surface area contributed by atoms with Gasteiger partial charge >= 0.3 is 0 Å². The van der Waals surface area contributed by atoms with Crippen molar-refractivity contribution in [2.24, 2.45) is 0 Å². The molecule has 84 valence electrons. The first-order valence-electron chi connectivity index (χ1n) is 5.26. The maximum atomic E-state index is 11.1. The molecule has 0 aromatic heterocycles. The van der Waals surface area contributed by atoms with Crippen LogP contribution in [0.25, 0.3) is 0 Å². The van der Waals surface area contributed by atoms with Crippen LogP contribution in [0.4, 0.5) is 0 Å². The van der Waals surface area contributed by atoms with Gasteiger partial charge in [0.1, 0.15) is 0 Å². The predicted octanol–water partition coefficient (Wildman–Crippen LogP) is 1.58. The van der Waals surface area contributed by atoms with Gasteiger partial charge in [-0.3, -0.25) is 4.79 Å². The third kappa shape index (κ3) is 4.61. The van der Waals surface area contributed by atoms with Crippen LogP contribution in [0, 0.1) is 0 Å². The van der Waals surface area contributed by atoms with E-state index in [1.807, 2.05) is 11.9 Å². The van der Waals surface area contributed by atoms with Crippen LogP contribution < -0.4 is 0 Å². The highest BCUT2D eigenvalue weighted by molar-refractivity contribution is 5.73. The predicted molar refractivity (Wildman–Crippen MR) is 60.3 cm³/mol. The van der Waals surface area contributed by atoms with Crippen molar-refractivity contribution in [1.29, 1.82) is 0 Å². The molecule has 0 fully saturated rings. The van der Waals surface area contributed by atoms with Crippen molar-refractivity contribution in [2.75, 3.05) is 21.1 Å². The molecule has 0 spiro atoms. The minimum absolute atomic E-state index is 0.148.